The first kappa shape index (κ1) is 21.8. The quantitative estimate of drug-likeness (QED) is 0.595. The van der Waals surface area contributed by atoms with Gasteiger partial charge in [-0.2, -0.15) is 0 Å². The zero-order valence-corrected chi connectivity index (χ0v) is 18.5. The molecule has 9 heteroatoms. The molecule has 166 valence electrons. The lowest BCUT2D eigenvalue weighted by molar-refractivity contribution is -0.120. The molecule has 0 bridgehead atoms. The van der Waals surface area contributed by atoms with Crippen molar-refractivity contribution in [2.75, 3.05) is 34.3 Å². The van der Waals surface area contributed by atoms with Crippen molar-refractivity contribution in [1.29, 1.82) is 0 Å². The Labute approximate surface area is 187 Å². The molecule has 8 nitrogen and oxygen atoms in total. The monoisotopic (exact) mass is 451 g/mol. The van der Waals surface area contributed by atoms with Crippen LogP contribution < -0.4 is 14.9 Å². The highest BCUT2D eigenvalue weighted by atomic mass is 32.2. The first-order valence-electron chi connectivity index (χ1n) is 10.4. The Balaban J connectivity index is 1.44. The molecule has 0 saturated carbocycles. The van der Waals surface area contributed by atoms with Crippen molar-refractivity contribution in [3.05, 3.63) is 67.0 Å². The van der Waals surface area contributed by atoms with Crippen LogP contribution in [0.4, 0.5) is 17.2 Å². The van der Waals surface area contributed by atoms with Gasteiger partial charge in [-0.1, -0.05) is 36.4 Å². The summed E-state index contributed by atoms with van der Waals surface area (Å²) in [5.74, 6) is 0.504. The third-order valence-electron chi connectivity index (χ3n) is 5.27. The number of carbonyl (C=O) groups is 1. The summed E-state index contributed by atoms with van der Waals surface area (Å²) in [6.45, 7) is 1.38. The van der Waals surface area contributed by atoms with E-state index >= 15 is 0 Å². The van der Waals surface area contributed by atoms with E-state index in [-0.39, 0.29) is 11.8 Å². The lowest BCUT2D eigenvalue weighted by Crippen LogP contribution is -2.41. The summed E-state index contributed by atoms with van der Waals surface area (Å²) in [4.78, 5) is 23.8. The van der Waals surface area contributed by atoms with Crippen molar-refractivity contribution in [2.24, 2.45) is 5.92 Å². The maximum Gasteiger partial charge on any atom is 0.229 e. The van der Waals surface area contributed by atoms with Gasteiger partial charge in [0.25, 0.3) is 0 Å². The fourth-order valence-electron chi connectivity index (χ4n) is 3.80. The van der Waals surface area contributed by atoms with E-state index in [1.54, 1.807) is 30.6 Å². The van der Waals surface area contributed by atoms with Crippen LogP contribution in [0.25, 0.3) is 11.3 Å². The number of aromatic nitrogens is 2. The number of carbonyl (C=O) groups excluding carboxylic acids is 1. The molecule has 2 heterocycles. The summed E-state index contributed by atoms with van der Waals surface area (Å²) in [7, 11) is -3.39. The standard InChI is InChI=1S/C23H25N5O3S/c1-32(30,31)27-20-11-5-10-19(13-20)26-23(29)18-9-6-12-28(15-18)22-14-21(24-16-25-22)17-7-3-2-4-8-17/h2-5,7-8,10-11,13-14,16,18,27H,6,9,12,15H2,1H3,(H,26,29). The van der Waals surface area contributed by atoms with Gasteiger partial charge in [-0.05, 0) is 31.0 Å². The molecular weight excluding hydrogens is 426 g/mol. The van der Waals surface area contributed by atoms with Gasteiger partial charge in [0, 0.05) is 30.4 Å². The molecule has 3 aromatic rings. The third-order valence-corrected chi connectivity index (χ3v) is 5.88. The lowest BCUT2D eigenvalue weighted by atomic mass is 9.97. The number of hydrogen-bond donors (Lipinski definition) is 2. The first-order chi connectivity index (χ1) is 15.4. The van der Waals surface area contributed by atoms with Crippen LogP contribution in [0, 0.1) is 5.92 Å². The molecule has 0 spiro atoms. The van der Waals surface area contributed by atoms with E-state index in [0.29, 0.717) is 17.9 Å². The van der Waals surface area contributed by atoms with Crippen molar-refractivity contribution in [3.8, 4) is 11.3 Å². The Morgan fingerprint density at radius 2 is 1.81 bits per heavy atom. The Hall–Kier alpha value is -3.46. The van der Waals surface area contributed by atoms with Gasteiger partial charge in [0.05, 0.1) is 23.6 Å². The highest BCUT2D eigenvalue weighted by molar-refractivity contribution is 7.92. The predicted molar refractivity (Wildman–Crippen MR) is 126 cm³/mol. The SMILES string of the molecule is CS(=O)(=O)Nc1cccc(NC(=O)C2CCCN(c3cc(-c4ccccc4)ncn3)C2)c1. The second-order valence-corrected chi connectivity index (χ2v) is 9.61. The summed E-state index contributed by atoms with van der Waals surface area (Å²) < 4.78 is 25.3. The van der Waals surface area contributed by atoms with Crippen LogP contribution in [0.2, 0.25) is 0 Å². The molecule has 0 radical (unpaired) electrons. The van der Waals surface area contributed by atoms with Crippen molar-refractivity contribution in [1.82, 2.24) is 9.97 Å². The molecule has 1 saturated heterocycles. The number of hydrogen-bond acceptors (Lipinski definition) is 6. The highest BCUT2D eigenvalue weighted by Crippen LogP contribution is 2.26. The number of sulfonamides is 1. The zero-order chi connectivity index (χ0) is 22.6. The van der Waals surface area contributed by atoms with Gasteiger partial charge in [0.15, 0.2) is 0 Å². The normalized spacial score (nSPS) is 16.4. The summed E-state index contributed by atoms with van der Waals surface area (Å²) in [5.41, 5.74) is 2.82. The number of nitrogens with zero attached hydrogens (tertiary/aromatic N) is 3. The summed E-state index contributed by atoms with van der Waals surface area (Å²) >= 11 is 0. The van der Waals surface area contributed by atoms with E-state index in [0.717, 1.165) is 42.7 Å². The van der Waals surface area contributed by atoms with Gasteiger partial charge in [0.2, 0.25) is 15.9 Å². The van der Waals surface area contributed by atoms with Crippen LogP contribution in [-0.4, -0.2) is 43.6 Å². The molecule has 2 N–H and O–H groups in total. The van der Waals surface area contributed by atoms with Gasteiger partial charge in [-0.15, -0.1) is 0 Å². The Morgan fingerprint density at radius 3 is 2.59 bits per heavy atom. The first-order valence-corrected chi connectivity index (χ1v) is 12.3. The largest absolute Gasteiger partial charge is 0.356 e. The maximum absolute atomic E-state index is 12.9. The molecule has 0 aliphatic carbocycles. The lowest BCUT2D eigenvalue weighted by Gasteiger charge is -2.33. The second kappa shape index (κ2) is 9.35. The summed E-state index contributed by atoms with van der Waals surface area (Å²) in [6.07, 6.45) is 4.30. The molecule has 2 aromatic carbocycles. The molecular formula is C23H25N5O3S. The van der Waals surface area contributed by atoms with Gasteiger partial charge >= 0.3 is 0 Å². The fraction of sp³-hybridized carbons (Fsp3) is 0.261. The molecule has 1 fully saturated rings. The van der Waals surface area contributed by atoms with Crippen LogP contribution in [0.15, 0.2) is 67.0 Å². The molecule has 1 aromatic heterocycles. The zero-order valence-electron chi connectivity index (χ0n) is 17.7. The van der Waals surface area contributed by atoms with Crippen molar-refractivity contribution >= 4 is 33.1 Å². The van der Waals surface area contributed by atoms with E-state index in [9.17, 15) is 13.2 Å². The molecule has 32 heavy (non-hydrogen) atoms. The minimum Gasteiger partial charge on any atom is -0.356 e. The number of benzene rings is 2. The van der Waals surface area contributed by atoms with E-state index < -0.39 is 10.0 Å². The summed E-state index contributed by atoms with van der Waals surface area (Å²) in [5, 5.41) is 2.91. The van der Waals surface area contributed by atoms with Crippen LogP contribution >= 0.6 is 0 Å². The fourth-order valence-corrected chi connectivity index (χ4v) is 4.36. The maximum atomic E-state index is 12.9. The second-order valence-electron chi connectivity index (χ2n) is 7.86. The third kappa shape index (κ3) is 5.61. The van der Waals surface area contributed by atoms with Crippen LogP contribution in [0.1, 0.15) is 12.8 Å². The van der Waals surface area contributed by atoms with E-state index in [1.165, 1.54) is 0 Å². The van der Waals surface area contributed by atoms with E-state index in [1.807, 2.05) is 36.4 Å². The Kier molecular flexibility index (Phi) is 6.36. The predicted octanol–water partition coefficient (Wildman–Crippen LogP) is 3.37. The van der Waals surface area contributed by atoms with Crippen LogP contribution in [0.3, 0.4) is 0 Å². The van der Waals surface area contributed by atoms with E-state index in [4.69, 9.17) is 0 Å². The average Bonchev–Trinajstić information content (AvgIpc) is 2.79. The van der Waals surface area contributed by atoms with E-state index in [2.05, 4.69) is 24.9 Å². The molecule has 1 atom stereocenters. The molecule has 1 aliphatic heterocycles. The molecule has 1 unspecified atom stereocenters. The van der Waals surface area contributed by atoms with Crippen LogP contribution in [-0.2, 0) is 14.8 Å². The van der Waals surface area contributed by atoms with Gasteiger partial charge < -0.3 is 10.2 Å². The number of nitrogens with one attached hydrogen (secondary N) is 2. The number of amides is 1. The number of anilines is 3. The molecule has 1 aliphatic rings. The molecule has 1 amide bonds. The summed E-state index contributed by atoms with van der Waals surface area (Å²) in [6, 6.07) is 18.6. The minimum absolute atomic E-state index is 0.0939. The number of piperidine rings is 1. The van der Waals surface area contributed by atoms with Crippen LogP contribution in [0.5, 0.6) is 0 Å². The highest BCUT2D eigenvalue weighted by Gasteiger charge is 2.27. The van der Waals surface area contributed by atoms with Crippen molar-refractivity contribution in [3.63, 3.8) is 0 Å². The Morgan fingerprint density at radius 1 is 1.03 bits per heavy atom. The minimum atomic E-state index is -3.39. The topological polar surface area (TPSA) is 104 Å². The Bertz CT molecular complexity index is 1200. The molecule has 4 rings (SSSR count). The van der Waals surface area contributed by atoms with Gasteiger partial charge in [0.1, 0.15) is 12.1 Å². The number of rotatable bonds is 6. The van der Waals surface area contributed by atoms with Crippen molar-refractivity contribution < 1.29 is 13.2 Å². The smallest absolute Gasteiger partial charge is 0.229 e. The average molecular weight is 452 g/mol. The van der Waals surface area contributed by atoms with Gasteiger partial charge in [-0.3, -0.25) is 9.52 Å². The van der Waals surface area contributed by atoms with Gasteiger partial charge in [-0.25, -0.2) is 18.4 Å². The van der Waals surface area contributed by atoms with Crippen molar-refractivity contribution in [2.45, 2.75) is 12.8 Å².